The zero-order valence-corrected chi connectivity index (χ0v) is 14.6. The molecule has 0 aliphatic carbocycles. The molecule has 0 fully saturated rings. The Morgan fingerprint density at radius 2 is 1.68 bits per heavy atom. The molecule has 0 aliphatic rings. The normalized spacial score (nSPS) is 12.7. The Bertz CT molecular complexity index is 785. The van der Waals surface area contributed by atoms with Crippen LogP contribution in [0.5, 0.6) is 0 Å². The fourth-order valence-corrected chi connectivity index (χ4v) is 3.10. The van der Waals surface area contributed by atoms with Crippen LogP contribution in [0.1, 0.15) is 28.9 Å². The van der Waals surface area contributed by atoms with Crippen molar-refractivity contribution in [1.29, 1.82) is 0 Å². The number of hydrogen-bond donors (Lipinski definition) is 1. The van der Waals surface area contributed by atoms with Gasteiger partial charge in [0.05, 0.1) is 16.5 Å². The quantitative estimate of drug-likeness (QED) is 0.882. The van der Waals surface area contributed by atoms with Gasteiger partial charge in [0, 0.05) is 10.7 Å². The zero-order valence-electron chi connectivity index (χ0n) is 12.2. The second kappa shape index (κ2) is 6.62. The second-order valence-electron chi connectivity index (χ2n) is 5.02. The first-order valence-corrected chi connectivity index (χ1v) is 9.33. The highest BCUT2D eigenvalue weighted by atomic mass is 79.9. The molecule has 1 atom stereocenters. The molecule has 1 N–H and O–H groups in total. The number of rotatable bonds is 4. The van der Waals surface area contributed by atoms with E-state index < -0.39 is 9.84 Å². The van der Waals surface area contributed by atoms with Gasteiger partial charge in [-0.1, -0.05) is 24.3 Å². The van der Waals surface area contributed by atoms with Crippen molar-refractivity contribution in [2.75, 3.05) is 6.26 Å². The lowest BCUT2D eigenvalue weighted by Crippen LogP contribution is -2.26. The smallest absolute Gasteiger partial charge is 0.252 e. The van der Waals surface area contributed by atoms with Crippen LogP contribution in [-0.4, -0.2) is 20.6 Å². The third kappa shape index (κ3) is 3.96. The van der Waals surface area contributed by atoms with E-state index in [0.29, 0.717) is 5.56 Å². The summed E-state index contributed by atoms with van der Waals surface area (Å²) in [6.07, 6.45) is 1.17. The molecule has 0 bridgehead atoms. The summed E-state index contributed by atoms with van der Waals surface area (Å²) in [5.74, 6) is -0.188. The maximum absolute atomic E-state index is 12.2. The van der Waals surface area contributed by atoms with Crippen LogP contribution in [0.25, 0.3) is 0 Å². The van der Waals surface area contributed by atoms with Gasteiger partial charge in [0.1, 0.15) is 0 Å². The maximum atomic E-state index is 12.2. The molecule has 0 aliphatic heterocycles. The Morgan fingerprint density at radius 1 is 1.09 bits per heavy atom. The average Bonchev–Trinajstić information content (AvgIpc) is 2.46. The van der Waals surface area contributed by atoms with Crippen LogP contribution < -0.4 is 5.32 Å². The Balaban J connectivity index is 2.14. The van der Waals surface area contributed by atoms with Crippen molar-refractivity contribution in [1.82, 2.24) is 5.32 Å². The molecule has 4 nitrogen and oxygen atoms in total. The molecule has 2 rings (SSSR count). The molecule has 0 unspecified atom stereocenters. The topological polar surface area (TPSA) is 63.2 Å². The molecule has 0 saturated carbocycles. The van der Waals surface area contributed by atoms with Crippen molar-refractivity contribution in [2.24, 2.45) is 0 Å². The standard InChI is InChI=1S/C16H16BrNO3S/c1-11(12-7-9-13(10-8-12)22(2,20)21)18-16(19)14-5-3-4-6-15(14)17/h3-11H,1-2H3,(H,18,19)/t11-/m0/s1. The van der Waals surface area contributed by atoms with E-state index >= 15 is 0 Å². The first-order valence-electron chi connectivity index (χ1n) is 6.64. The predicted octanol–water partition coefficient (Wildman–Crippen LogP) is 3.34. The van der Waals surface area contributed by atoms with Crippen LogP contribution in [0.4, 0.5) is 0 Å². The number of nitrogens with one attached hydrogen (secondary N) is 1. The van der Waals surface area contributed by atoms with Crippen molar-refractivity contribution in [3.8, 4) is 0 Å². The minimum Gasteiger partial charge on any atom is -0.345 e. The van der Waals surface area contributed by atoms with Gasteiger partial charge in [-0.3, -0.25) is 4.79 Å². The van der Waals surface area contributed by atoms with E-state index in [1.165, 1.54) is 6.26 Å². The molecule has 0 radical (unpaired) electrons. The second-order valence-corrected chi connectivity index (χ2v) is 7.89. The van der Waals surface area contributed by atoms with Crippen molar-refractivity contribution in [3.05, 3.63) is 64.1 Å². The third-order valence-electron chi connectivity index (χ3n) is 3.27. The molecule has 0 heterocycles. The Labute approximate surface area is 138 Å². The van der Waals surface area contributed by atoms with Crippen LogP contribution in [-0.2, 0) is 9.84 Å². The molecule has 1 amide bonds. The van der Waals surface area contributed by atoms with Gasteiger partial charge in [-0.25, -0.2) is 8.42 Å². The lowest BCUT2D eigenvalue weighted by molar-refractivity contribution is 0.0939. The van der Waals surface area contributed by atoms with Crippen molar-refractivity contribution in [2.45, 2.75) is 17.9 Å². The summed E-state index contributed by atoms with van der Waals surface area (Å²) in [5.41, 5.74) is 1.40. The highest BCUT2D eigenvalue weighted by Gasteiger charge is 2.14. The molecule has 22 heavy (non-hydrogen) atoms. The van der Waals surface area contributed by atoms with Crippen LogP contribution in [0.3, 0.4) is 0 Å². The molecule has 2 aromatic rings. The number of sulfone groups is 1. The molecule has 0 aromatic heterocycles. The number of amides is 1. The van der Waals surface area contributed by atoms with Crippen LogP contribution in [0.2, 0.25) is 0 Å². The summed E-state index contributed by atoms with van der Waals surface area (Å²) in [6.45, 7) is 1.85. The van der Waals surface area contributed by atoms with Crippen LogP contribution >= 0.6 is 15.9 Å². The van der Waals surface area contributed by atoms with E-state index in [4.69, 9.17) is 0 Å². The van der Waals surface area contributed by atoms with E-state index in [1.54, 1.807) is 42.5 Å². The summed E-state index contributed by atoms with van der Waals surface area (Å²) in [5, 5.41) is 2.89. The first-order chi connectivity index (χ1) is 10.3. The average molecular weight is 382 g/mol. The van der Waals surface area contributed by atoms with Gasteiger partial charge in [-0.15, -0.1) is 0 Å². The number of hydrogen-bond acceptors (Lipinski definition) is 3. The van der Waals surface area contributed by atoms with Crippen LogP contribution in [0, 0.1) is 0 Å². The van der Waals surface area contributed by atoms with E-state index in [1.807, 2.05) is 13.0 Å². The fraction of sp³-hybridized carbons (Fsp3) is 0.188. The minimum atomic E-state index is -3.21. The lowest BCUT2D eigenvalue weighted by Gasteiger charge is -2.15. The van der Waals surface area contributed by atoms with Crippen molar-refractivity contribution in [3.63, 3.8) is 0 Å². The molecule has 6 heteroatoms. The molecule has 2 aromatic carbocycles. The van der Waals surface area contributed by atoms with Gasteiger partial charge in [0.2, 0.25) is 0 Å². The highest BCUT2D eigenvalue weighted by molar-refractivity contribution is 9.10. The van der Waals surface area contributed by atoms with Crippen LogP contribution in [0.15, 0.2) is 57.9 Å². The van der Waals surface area contributed by atoms with E-state index in [0.717, 1.165) is 10.0 Å². The van der Waals surface area contributed by atoms with Gasteiger partial charge >= 0.3 is 0 Å². The maximum Gasteiger partial charge on any atom is 0.252 e. The molecular weight excluding hydrogens is 366 g/mol. The van der Waals surface area contributed by atoms with Gasteiger partial charge < -0.3 is 5.32 Å². The van der Waals surface area contributed by atoms with Gasteiger partial charge in [-0.2, -0.15) is 0 Å². The Morgan fingerprint density at radius 3 is 2.23 bits per heavy atom. The summed E-state index contributed by atoms with van der Waals surface area (Å²) in [4.78, 5) is 12.5. The van der Waals surface area contributed by atoms with Gasteiger partial charge in [-0.05, 0) is 52.7 Å². The summed E-state index contributed by atoms with van der Waals surface area (Å²) >= 11 is 3.35. The van der Waals surface area contributed by atoms with E-state index in [-0.39, 0.29) is 16.8 Å². The lowest BCUT2D eigenvalue weighted by atomic mass is 10.1. The first kappa shape index (κ1) is 16.7. The summed E-state index contributed by atoms with van der Waals surface area (Å²) in [7, 11) is -3.21. The number of carbonyl (C=O) groups excluding carboxylic acids is 1. The number of carbonyl (C=O) groups is 1. The predicted molar refractivity (Wildman–Crippen MR) is 89.6 cm³/mol. The molecule has 116 valence electrons. The molecule has 0 saturated heterocycles. The zero-order chi connectivity index (χ0) is 16.3. The number of halogens is 1. The van der Waals surface area contributed by atoms with Crippen molar-refractivity contribution >= 4 is 31.7 Å². The number of benzene rings is 2. The SMILES string of the molecule is C[C@H](NC(=O)c1ccccc1Br)c1ccc(S(C)(=O)=O)cc1. The van der Waals surface area contributed by atoms with E-state index in [2.05, 4.69) is 21.2 Å². The van der Waals surface area contributed by atoms with Gasteiger partial charge in [0.25, 0.3) is 5.91 Å². The van der Waals surface area contributed by atoms with E-state index in [9.17, 15) is 13.2 Å². The molecular formula is C16H16BrNO3S. The third-order valence-corrected chi connectivity index (χ3v) is 5.09. The Kier molecular flexibility index (Phi) is 5.03. The monoisotopic (exact) mass is 381 g/mol. The highest BCUT2D eigenvalue weighted by Crippen LogP contribution is 2.19. The molecule has 0 spiro atoms. The van der Waals surface area contributed by atoms with Crippen molar-refractivity contribution < 1.29 is 13.2 Å². The summed E-state index contributed by atoms with van der Waals surface area (Å²) in [6, 6.07) is 13.5. The summed E-state index contributed by atoms with van der Waals surface area (Å²) < 4.78 is 23.6. The van der Waals surface area contributed by atoms with Gasteiger partial charge in [0.15, 0.2) is 9.84 Å². The fourth-order valence-electron chi connectivity index (χ4n) is 2.01. The largest absolute Gasteiger partial charge is 0.345 e. The Hall–Kier alpha value is -1.66. The minimum absolute atomic E-state index is 0.188.